The summed E-state index contributed by atoms with van der Waals surface area (Å²) in [5.41, 5.74) is 1.95. The van der Waals surface area contributed by atoms with Crippen LogP contribution in [0.25, 0.3) is 0 Å². The van der Waals surface area contributed by atoms with Gasteiger partial charge in [0, 0.05) is 50.9 Å². The van der Waals surface area contributed by atoms with Crippen LogP contribution in [-0.2, 0) is 27.3 Å². The van der Waals surface area contributed by atoms with Crippen LogP contribution < -0.4 is 4.90 Å². The maximum absolute atomic E-state index is 12.8. The fourth-order valence-corrected chi connectivity index (χ4v) is 4.26. The van der Waals surface area contributed by atoms with Gasteiger partial charge in [0.2, 0.25) is 11.8 Å². The van der Waals surface area contributed by atoms with E-state index in [2.05, 4.69) is 4.98 Å². The zero-order chi connectivity index (χ0) is 20.1. The molecule has 7 nitrogen and oxygen atoms in total. The number of fused-ring (bicyclic) bond motifs is 1. The Labute approximate surface area is 167 Å². The van der Waals surface area contributed by atoms with Crippen LogP contribution >= 0.6 is 0 Å². The quantitative estimate of drug-likeness (QED) is 0.671. The highest BCUT2D eigenvalue weighted by Crippen LogP contribution is 2.29. The highest BCUT2D eigenvalue weighted by molar-refractivity contribution is 5.95. The molecule has 0 atom stereocenters. The van der Waals surface area contributed by atoms with Crippen LogP contribution in [0.5, 0.6) is 0 Å². The monoisotopic (exact) mass is 388 g/mol. The molecule has 0 spiro atoms. The fraction of sp³-hybridized carbons (Fsp3) is 0.714. The van der Waals surface area contributed by atoms with Crippen LogP contribution in [0.2, 0.25) is 0 Å². The maximum Gasteiger partial charge on any atom is 0.228 e. The van der Waals surface area contributed by atoms with E-state index in [1.165, 1.54) is 6.42 Å². The SMILES string of the molecule is COCCCN1C(=O)CCc2c(C)nc(CN(C)C(=O)C3CCCCC3)nc21. The number of carbonyl (C=O) groups is 2. The van der Waals surface area contributed by atoms with Gasteiger partial charge >= 0.3 is 0 Å². The minimum absolute atomic E-state index is 0.0966. The number of aryl methyl sites for hydroxylation is 1. The largest absolute Gasteiger partial charge is 0.385 e. The van der Waals surface area contributed by atoms with E-state index in [1.807, 2.05) is 14.0 Å². The average molecular weight is 389 g/mol. The number of hydrogen-bond acceptors (Lipinski definition) is 5. The van der Waals surface area contributed by atoms with Crippen LogP contribution in [0, 0.1) is 12.8 Å². The number of carbonyl (C=O) groups excluding carboxylic acids is 2. The number of rotatable bonds is 7. The molecule has 0 N–H and O–H groups in total. The first-order valence-corrected chi connectivity index (χ1v) is 10.4. The summed E-state index contributed by atoms with van der Waals surface area (Å²) < 4.78 is 5.13. The molecule has 3 rings (SSSR count). The van der Waals surface area contributed by atoms with Gasteiger partial charge in [-0.15, -0.1) is 0 Å². The predicted molar refractivity (Wildman–Crippen MR) is 107 cm³/mol. The molecular weight excluding hydrogens is 356 g/mol. The van der Waals surface area contributed by atoms with Gasteiger partial charge in [0.15, 0.2) is 0 Å². The molecule has 2 aliphatic rings. The van der Waals surface area contributed by atoms with Crippen LogP contribution in [0.3, 0.4) is 0 Å². The van der Waals surface area contributed by atoms with E-state index < -0.39 is 0 Å². The van der Waals surface area contributed by atoms with Gasteiger partial charge in [-0.3, -0.25) is 14.5 Å². The Balaban J connectivity index is 1.76. The Morgan fingerprint density at radius 1 is 1.21 bits per heavy atom. The molecule has 1 fully saturated rings. The number of ether oxygens (including phenoxy) is 1. The third-order valence-electron chi connectivity index (χ3n) is 5.82. The van der Waals surface area contributed by atoms with Crippen molar-refractivity contribution in [2.24, 2.45) is 5.92 Å². The second-order valence-corrected chi connectivity index (χ2v) is 7.95. The topological polar surface area (TPSA) is 75.6 Å². The first kappa shape index (κ1) is 20.7. The van der Waals surface area contributed by atoms with Gasteiger partial charge < -0.3 is 9.64 Å². The lowest BCUT2D eigenvalue weighted by atomic mass is 9.88. The van der Waals surface area contributed by atoms with Gasteiger partial charge in [0.1, 0.15) is 11.6 Å². The minimum Gasteiger partial charge on any atom is -0.385 e. The third-order valence-corrected chi connectivity index (χ3v) is 5.82. The summed E-state index contributed by atoms with van der Waals surface area (Å²) >= 11 is 0. The van der Waals surface area contributed by atoms with E-state index in [0.29, 0.717) is 44.2 Å². The van der Waals surface area contributed by atoms with Crippen LogP contribution in [0.4, 0.5) is 5.82 Å². The van der Waals surface area contributed by atoms with Crippen molar-refractivity contribution in [3.05, 3.63) is 17.1 Å². The van der Waals surface area contributed by atoms with Gasteiger partial charge in [0.25, 0.3) is 0 Å². The van der Waals surface area contributed by atoms with Crippen molar-refractivity contribution in [3.8, 4) is 0 Å². The summed E-state index contributed by atoms with van der Waals surface area (Å²) in [4.78, 5) is 38.1. The second kappa shape index (κ2) is 9.45. The smallest absolute Gasteiger partial charge is 0.228 e. The molecule has 1 aromatic heterocycles. The van der Waals surface area contributed by atoms with Crippen molar-refractivity contribution < 1.29 is 14.3 Å². The molecule has 0 radical (unpaired) electrons. The number of anilines is 1. The number of amides is 2. The van der Waals surface area contributed by atoms with Gasteiger partial charge in [0.05, 0.1) is 6.54 Å². The third kappa shape index (κ3) is 4.69. The first-order valence-electron chi connectivity index (χ1n) is 10.4. The molecule has 0 aromatic carbocycles. The molecule has 0 bridgehead atoms. The van der Waals surface area contributed by atoms with E-state index in [4.69, 9.17) is 9.72 Å². The number of nitrogens with zero attached hydrogens (tertiary/aromatic N) is 4. The summed E-state index contributed by atoms with van der Waals surface area (Å²) in [6.45, 7) is 3.54. The van der Waals surface area contributed by atoms with Crippen LogP contribution in [0.15, 0.2) is 0 Å². The fourth-order valence-electron chi connectivity index (χ4n) is 4.26. The zero-order valence-corrected chi connectivity index (χ0v) is 17.4. The normalized spacial score (nSPS) is 17.5. The Bertz CT molecular complexity index is 716. The summed E-state index contributed by atoms with van der Waals surface area (Å²) in [7, 11) is 3.49. The Kier molecular flexibility index (Phi) is 6.99. The van der Waals surface area contributed by atoms with Crippen LogP contribution in [0.1, 0.15) is 62.0 Å². The van der Waals surface area contributed by atoms with Crippen LogP contribution in [-0.4, -0.2) is 54.0 Å². The molecular formula is C21H32N4O3. The van der Waals surface area contributed by atoms with E-state index in [9.17, 15) is 9.59 Å². The van der Waals surface area contributed by atoms with E-state index in [1.54, 1.807) is 16.9 Å². The van der Waals surface area contributed by atoms with E-state index in [-0.39, 0.29) is 17.7 Å². The number of aromatic nitrogens is 2. The molecule has 1 aromatic rings. The molecule has 0 saturated heterocycles. The first-order chi connectivity index (χ1) is 13.5. The van der Waals surface area contributed by atoms with Crippen molar-refractivity contribution in [2.75, 3.05) is 32.2 Å². The molecule has 28 heavy (non-hydrogen) atoms. The van der Waals surface area contributed by atoms with Gasteiger partial charge in [-0.2, -0.15) is 0 Å². The molecule has 2 heterocycles. The second-order valence-electron chi connectivity index (χ2n) is 7.95. The Morgan fingerprint density at radius 3 is 2.68 bits per heavy atom. The van der Waals surface area contributed by atoms with Crippen molar-refractivity contribution in [1.82, 2.24) is 14.9 Å². The van der Waals surface area contributed by atoms with Crippen molar-refractivity contribution in [2.45, 2.75) is 64.8 Å². The number of methoxy groups -OCH3 is 1. The summed E-state index contributed by atoms with van der Waals surface area (Å²) in [6, 6.07) is 0. The maximum atomic E-state index is 12.8. The highest BCUT2D eigenvalue weighted by Gasteiger charge is 2.29. The van der Waals surface area contributed by atoms with Gasteiger partial charge in [-0.25, -0.2) is 9.97 Å². The molecule has 154 valence electrons. The number of hydrogen-bond donors (Lipinski definition) is 0. The minimum atomic E-state index is 0.0966. The summed E-state index contributed by atoms with van der Waals surface area (Å²) in [5, 5.41) is 0. The molecule has 0 unspecified atom stereocenters. The molecule has 1 aliphatic heterocycles. The van der Waals surface area contributed by atoms with Crippen molar-refractivity contribution >= 4 is 17.6 Å². The Morgan fingerprint density at radius 2 is 1.96 bits per heavy atom. The zero-order valence-electron chi connectivity index (χ0n) is 17.4. The van der Waals surface area contributed by atoms with E-state index in [0.717, 1.165) is 43.4 Å². The average Bonchev–Trinajstić information content (AvgIpc) is 2.69. The van der Waals surface area contributed by atoms with Crippen molar-refractivity contribution in [1.29, 1.82) is 0 Å². The molecule has 1 aliphatic carbocycles. The predicted octanol–water partition coefficient (Wildman–Crippen LogP) is 2.64. The summed E-state index contributed by atoms with van der Waals surface area (Å²) in [6.07, 6.45) is 7.40. The lowest BCUT2D eigenvalue weighted by Crippen LogP contribution is -2.38. The summed E-state index contributed by atoms with van der Waals surface area (Å²) in [5.74, 6) is 1.73. The highest BCUT2D eigenvalue weighted by atomic mass is 16.5. The lowest BCUT2D eigenvalue weighted by Gasteiger charge is -2.30. The standard InChI is InChI=1S/C21H32N4O3/c1-15-17-10-11-19(26)25(12-7-13-28-3)20(17)23-18(22-15)14-24(2)21(27)16-8-5-4-6-9-16/h16H,4-14H2,1-3H3. The van der Waals surface area contributed by atoms with Gasteiger partial charge in [-0.1, -0.05) is 19.3 Å². The van der Waals surface area contributed by atoms with E-state index >= 15 is 0 Å². The van der Waals surface area contributed by atoms with Gasteiger partial charge in [-0.05, 0) is 32.6 Å². The lowest BCUT2D eigenvalue weighted by molar-refractivity contribution is -0.135. The molecule has 7 heteroatoms. The molecule has 2 amide bonds. The van der Waals surface area contributed by atoms with Crippen molar-refractivity contribution in [3.63, 3.8) is 0 Å². The Hall–Kier alpha value is -2.02. The molecule has 1 saturated carbocycles.